The number of rotatable bonds is 4. The molecule has 0 aliphatic rings. The second-order valence-corrected chi connectivity index (χ2v) is 4.19. The number of carbonyl (C=O) groups is 2. The van der Waals surface area contributed by atoms with Gasteiger partial charge in [-0.25, -0.2) is 0 Å². The number of benzene rings is 1. The molecular formula is C12H14N2O4. The molecule has 6 heteroatoms. The highest BCUT2D eigenvalue weighted by Crippen LogP contribution is 2.23. The van der Waals surface area contributed by atoms with E-state index in [9.17, 15) is 19.7 Å². The van der Waals surface area contributed by atoms with Crippen LogP contribution in [0.2, 0.25) is 0 Å². The van der Waals surface area contributed by atoms with Crippen molar-refractivity contribution in [1.82, 2.24) is 0 Å². The molecule has 96 valence electrons. The number of nitrogens with one attached hydrogen (secondary N) is 1. The smallest absolute Gasteiger partial charge is 0.271 e. The molecule has 0 atom stereocenters. The first-order valence-electron chi connectivity index (χ1n) is 5.43. The van der Waals surface area contributed by atoms with E-state index in [0.29, 0.717) is 0 Å². The number of hydrogen-bond donors (Lipinski definition) is 1. The monoisotopic (exact) mass is 250 g/mol. The van der Waals surface area contributed by atoms with Crippen molar-refractivity contribution in [1.29, 1.82) is 0 Å². The largest absolute Gasteiger partial charge is 0.325 e. The SMILES string of the molecule is CC(=O)c1ccc([N+](=O)[O-])cc1NC(=O)C(C)C. The van der Waals surface area contributed by atoms with Gasteiger partial charge in [0.1, 0.15) is 0 Å². The third kappa shape index (κ3) is 3.13. The zero-order valence-electron chi connectivity index (χ0n) is 10.4. The van der Waals surface area contributed by atoms with Gasteiger partial charge in [-0.3, -0.25) is 19.7 Å². The second kappa shape index (κ2) is 5.39. The van der Waals surface area contributed by atoms with Gasteiger partial charge in [-0.05, 0) is 13.0 Å². The number of nitro benzene ring substituents is 1. The summed E-state index contributed by atoms with van der Waals surface area (Å²) in [5.74, 6) is -0.828. The summed E-state index contributed by atoms with van der Waals surface area (Å²) in [6.45, 7) is 4.73. The molecule has 0 unspecified atom stereocenters. The third-order valence-electron chi connectivity index (χ3n) is 2.38. The molecule has 1 aromatic rings. The van der Waals surface area contributed by atoms with Crippen molar-refractivity contribution in [3.05, 3.63) is 33.9 Å². The van der Waals surface area contributed by atoms with Gasteiger partial charge in [-0.1, -0.05) is 13.8 Å². The molecule has 0 aliphatic carbocycles. The lowest BCUT2D eigenvalue weighted by atomic mass is 10.1. The van der Waals surface area contributed by atoms with E-state index in [-0.39, 0.29) is 34.5 Å². The molecule has 0 saturated carbocycles. The van der Waals surface area contributed by atoms with Gasteiger partial charge in [0.2, 0.25) is 5.91 Å². The summed E-state index contributed by atoms with van der Waals surface area (Å²) in [5, 5.41) is 13.2. The maximum atomic E-state index is 11.6. The number of nitro groups is 1. The zero-order chi connectivity index (χ0) is 13.9. The fourth-order valence-corrected chi connectivity index (χ4v) is 1.33. The van der Waals surface area contributed by atoms with Gasteiger partial charge in [0.05, 0.1) is 10.6 Å². The third-order valence-corrected chi connectivity index (χ3v) is 2.38. The number of ketones is 1. The van der Waals surface area contributed by atoms with E-state index in [1.807, 2.05) is 0 Å². The molecule has 6 nitrogen and oxygen atoms in total. The maximum absolute atomic E-state index is 11.6. The maximum Gasteiger partial charge on any atom is 0.271 e. The number of non-ortho nitro benzene ring substituents is 1. The van der Waals surface area contributed by atoms with Crippen molar-refractivity contribution in [2.45, 2.75) is 20.8 Å². The lowest BCUT2D eigenvalue weighted by Crippen LogP contribution is -2.19. The quantitative estimate of drug-likeness (QED) is 0.504. The summed E-state index contributed by atoms with van der Waals surface area (Å²) in [6.07, 6.45) is 0. The Kier molecular flexibility index (Phi) is 4.14. The molecule has 1 N–H and O–H groups in total. The summed E-state index contributed by atoms with van der Waals surface area (Å²) >= 11 is 0. The minimum absolute atomic E-state index is 0.168. The topological polar surface area (TPSA) is 89.3 Å². The summed E-state index contributed by atoms with van der Waals surface area (Å²) in [6, 6.07) is 3.77. The molecule has 0 spiro atoms. The van der Waals surface area contributed by atoms with Crippen LogP contribution in [-0.4, -0.2) is 16.6 Å². The molecule has 0 bridgehead atoms. The zero-order valence-corrected chi connectivity index (χ0v) is 10.4. The van der Waals surface area contributed by atoms with Crippen molar-refractivity contribution in [2.75, 3.05) is 5.32 Å². The van der Waals surface area contributed by atoms with E-state index in [1.165, 1.54) is 25.1 Å². The van der Waals surface area contributed by atoms with Crippen molar-refractivity contribution in [3.8, 4) is 0 Å². The van der Waals surface area contributed by atoms with E-state index in [4.69, 9.17) is 0 Å². The Morgan fingerprint density at radius 3 is 2.39 bits per heavy atom. The Balaban J connectivity index is 3.19. The number of hydrogen-bond acceptors (Lipinski definition) is 4. The average Bonchev–Trinajstić information content (AvgIpc) is 2.28. The highest BCUT2D eigenvalue weighted by Gasteiger charge is 2.16. The molecule has 0 heterocycles. The van der Waals surface area contributed by atoms with E-state index >= 15 is 0 Å². The summed E-state index contributed by atoms with van der Waals surface area (Å²) < 4.78 is 0. The van der Waals surface area contributed by atoms with Crippen LogP contribution in [0.25, 0.3) is 0 Å². The molecule has 18 heavy (non-hydrogen) atoms. The van der Waals surface area contributed by atoms with Crippen molar-refractivity contribution >= 4 is 23.1 Å². The number of nitrogens with zero attached hydrogens (tertiary/aromatic N) is 1. The van der Waals surface area contributed by atoms with Crippen molar-refractivity contribution < 1.29 is 14.5 Å². The molecule has 0 radical (unpaired) electrons. The minimum Gasteiger partial charge on any atom is -0.325 e. The van der Waals surface area contributed by atoms with Gasteiger partial charge >= 0.3 is 0 Å². The summed E-state index contributed by atoms with van der Waals surface area (Å²) in [4.78, 5) is 33.0. The van der Waals surface area contributed by atoms with Crippen molar-refractivity contribution in [3.63, 3.8) is 0 Å². The normalized spacial score (nSPS) is 10.2. The van der Waals surface area contributed by atoms with Crippen LogP contribution in [0.3, 0.4) is 0 Å². The molecule has 0 aliphatic heterocycles. The minimum atomic E-state index is -0.574. The average molecular weight is 250 g/mol. The lowest BCUT2D eigenvalue weighted by Gasteiger charge is -2.10. The van der Waals surface area contributed by atoms with E-state index < -0.39 is 4.92 Å². The molecule has 0 aromatic heterocycles. The highest BCUT2D eigenvalue weighted by atomic mass is 16.6. The fraction of sp³-hybridized carbons (Fsp3) is 0.333. The molecule has 1 rings (SSSR count). The van der Waals surface area contributed by atoms with Gasteiger partial charge in [-0.2, -0.15) is 0 Å². The summed E-state index contributed by atoms with van der Waals surface area (Å²) in [5.41, 5.74) is 0.268. The van der Waals surface area contributed by atoms with Crippen LogP contribution in [0.1, 0.15) is 31.1 Å². The predicted octanol–water partition coefficient (Wildman–Crippen LogP) is 2.39. The van der Waals surface area contributed by atoms with Crippen LogP contribution in [-0.2, 0) is 4.79 Å². The van der Waals surface area contributed by atoms with Crippen LogP contribution in [0, 0.1) is 16.0 Å². The van der Waals surface area contributed by atoms with Crippen LogP contribution < -0.4 is 5.32 Å². The molecule has 0 saturated heterocycles. The van der Waals surface area contributed by atoms with Gasteiger partial charge in [0, 0.05) is 23.6 Å². The van der Waals surface area contributed by atoms with Crippen LogP contribution in [0.5, 0.6) is 0 Å². The highest BCUT2D eigenvalue weighted by molar-refractivity contribution is 6.04. The summed E-state index contributed by atoms with van der Waals surface area (Å²) in [7, 11) is 0. The molecular weight excluding hydrogens is 236 g/mol. The van der Waals surface area contributed by atoms with Gasteiger partial charge in [-0.15, -0.1) is 0 Å². The van der Waals surface area contributed by atoms with Gasteiger partial charge < -0.3 is 5.32 Å². The van der Waals surface area contributed by atoms with Gasteiger partial charge in [0.25, 0.3) is 5.69 Å². The first kappa shape index (κ1) is 13.8. The van der Waals surface area contributed by atoms with E-state index in [0.717, 1.165) is 0 Å². The number of amides is 1. The van der Waals surface area contributed by atoms with E-state index in [1.54, 1.807) is 13.8 Å². The Hall–Kier alpha value is -2.24. The Bertz CT molecular complexity index is 509. The fourth-order valence-electron chi connectivity index (χ4n) is 1.33. The lowest BCUT2D eigenvalue weighted by molar-refractivity contribution is -0.384. The first-order chi connectivity index (χ1) is 8.32. The van der Waals surface area contributed by atoms with Crippen LogP contribution >= 0.6 is 0 Å². The van der Waals surface area contributed by atoms with Crippen molar-refractivity contribution in [2.24, 2.45) is 5.92 Å². The number of Topliss-reactive ketones (excluding diaryl/α,β-unsaturated/α-hetero) is 1. The van der Waals surface area contributed by atoms with Crippen LogP contribution in [0.15, 0.2) is 18.2 Å². The molecule has 1 amide bonds. The second-order valence-electron chi connectivity index (χ2n) is 4.19. The number of carbonyl (C=O) groups excluding carboxylic acids is 2. The van der Waals surface area contributed by atoms with Gasteiger partial charge in [0.15, 0.2) is 5.78 Å². The van der Waals surface area contributed by atoms with E-state index in [2.05, 4.69) is 5.32 Å². The Morgan fingerprint density at radius 1 is 1.33 bits per heavy atom. The molecule has 0 fully saturated rings. The Morgan fingerprint density at radius 2 is 1.94 bits per heavy atom. The standard InChI is InChI=1S/C12H14N2O4/c1-7(2)12(16)13-11-6-9(14(17)18)4-5-10(11)8(3)15/h4-7H,1-3H3,(H,13,16). The first-order valence-corrected chi connectivity index (χ1v) is 5.43. The number of anilines is 1. The molecule has 1 aromatic carbocycles. The Labute approximate surface area is 104 Å². The predicted molar refractivity (Wildman–Crippen MR) is 66.6 cm³/mol. The van der Waals surface area contributed by atoms with Crippen LogP contribution in [0.4, 0.5) is 11.4 Å².